The van der Waals surface area contributed by atoms with Gasteiger partial charge in [-0.15, -0.1) is 0 Å². The average Bonchev–Trinajstić information content (AvgIpc) is 1.98. The van der Waals surface area contributed by atoms with Gasteiger partial charge in [-0.1, -0.05) is 11.6 Å². The summed E-state index contributed by atoms with van der Waals surface area (Å²) >= 11 is 5.40. The van der Waals surface area contributed by atoms with Crippen molar-refractivity contribution in [1.29, 1.82) is 5.26 Å². The quantitative estimate of drug-likeness (QED) is 0.519. The summed E-state index contributed by atoms with van der Waals surface area (Å²) in [7, 11) is 0. The molecule has 0 aromatic heterocycles. The smallest absolute Gasteiger partial charge is 0.181 e. The maximum atomic E-state index is 12.6. The van der Waals surface area contributed by atoms with E-state index in [9.17, 15) is 4.39 Å². The molecule has 0 aliphatic heterocycles. The molecular weight excluding hydrogens is 167 g/mol. The van der Waals surface area contributed by atoms with E-state index in [-0.39, 0.29) is 5.02 Å². The van der Waals surface area contributed by atoms with E-state index < -0.39 is 5.82 Å². The Morgan fingerprint density at radius 3 is 2.82 bits per heavy atom. The zero-order valence-corrected chi connectivity index (χ0v) is 6.19. The second kappa shape index (κ2) is 3.22. The minimum absolute atomic E-state index is 0.0495. The lowest BCUT2D eigenvalue weighted by atomic mass is 10.3. The molecule has 0 bridgehead atoms. The molecule has 0 fully saturated rings. The lowest BCUT2D eigenvalue weighted by Gasteiger charge is -1.97. The van der Waals surface area contributed by atoms with Crippen molar-refractivity contribution in [2.24, 2.45) is 0 Å². The van der Waals surface area contributed by atoms with Crippen molar-refractivity contribution >= 4 is 17.3 Å². The molecule has 1 aromatic carbocycles. The van der Waals surface area contributed by atoms with E-state index >= 15 is 0 Å². The summed E-state index contributed by atoms with van der Waals surface area (Å²) in [4.78, 5) is 0. The Bertz CT molecular complexity index is 306. The second-order valence-corrected chi connectivity index (χ2v) is 2.27. The predicted molar refractivity (Wildman–Crippen MR) is 40.6 cm³/mol. The van der Waals surface area contributed by atoms with E-state index in [2.05, 4.69) is 5.32 Å². The average molecular weight is 171 g/mol. The molecule has 0 saturated heterocycles. The standard InChI is InChI=1S/C7H4ClFN2/c8-6-2-1-5(11-4-10)3-7(6)9/h1-3,11H. The van der Waals surface area contributed by atoms with E-state index in [1.807, 2.05) is 0 Å². The molecule has 11 heavy (non-hydrogen) atoms. The monoisotopic (exact) mass is 170 g/mol. The minimum Gasteiger partial charge on any atom is -0.293 e. The first kappa shape index (κ1) is 7.83. The van der Waals surface area contributed by atoms with E-state index in [4.69, 9.17) is 16.9 Å². The van der Waals surface area contributed by atoms with Gasteiger partial charge in [-0.25, -0.2) is 4.39 Å². The first-order valence-corrected chi connectivity index (χ1v) is 3.22. The molecule has 0 aliphatic carbocycles. The van der Waals surface area contributed by atoms with Gasteiger partial charge in [-0.2, -0.15) is 5.26 Å². The highest BCUT2D eigenvalue weighted by Crippen LogP contribution is 2.17. The summed E-state index contributed by atoms with van der Waals surface area (Å²) in [6.45, 7) is 0. The Morgan fingerprint density at radius 2 is 2.27 bits per heavy atom. The molecule has 56 valence electrons. The van der Waals surface area contributed by atoms with E-state index in [1.54, 1.807) is 6.19 Å². The highest BCUT2D eigenvalue weighted by Gasteiger charge is 1.98. The molecule has 0 atom stereocenters. The topological polar surface area (TPSA) is 35.8 Å². The summed E-state index contributed by atoms with van der Waals surface area (Å²) in [5.41, 5.74) is 0.398. The summed E-state index contributed by atoms with van der Waals surface area (Å²) in [5, 5.41) is 10.5. The highest BCUT2D eigenvalue weighted by molar-refractivity contribution is 6.30. The van der Waals surface area contributed by atoms with Crippen LogP contribution in [0.2, 0.25) is 5.02 Å². The first-order chi connectivity index (χ1) is 5.24. The molecule has 0 spiro atoms. The lowest BCUT2D eigenvalue weighted by molar-refractivity contribution is 0.629. The van der Waals surface area contributed by atoms with Crippen molar-refractivity contribution in [2.45, 2.75) is 0 Å². The normalized spacial score (nSPS) is 8.82. The third kappa shape index (κ3) is 1.82. The molecule has 0 saturated carbocycles. The second-order valence-electron chi connectivity index (χ2n) is 1.87. The van der Waals surface area contributed by atoms with Gasteiger partial charge in [0.25, 0.3) is 0 Å². The third-order valence-electron chi connectivity index (χ3n) is 1.12. The number of benzene rings is 1. The summed E-state index contributed by atoms with van der Waals surface area (Å²) in [5.74, 6) is -0.535. The van der Waals surface area contributed by atoms with Crippen LogP contribution in [0.1, 0.15) is 0 Å². The van der Waals surface area contributed by atoms with Crippen LogP contribution in [0.25, 0.3) is 0 Å². The van der Waals surface area contributed by atoms with Crippen LogP contribution in [-0.4, -0.2) is 0 Å². The van der Waals surface area contributed by atoms with Crippen LogP contribution in [0, 0.1) is 17.3 Å². The molecule has 0 amide bonds. The molecule has 1 aromatic rings. The molecule has 1 rings (SSSR count). The molecule has 1 N–H and O–H groups in total. The van der Waals surface area contributed by atoms with Crippen molar-refractivity contribution in [1.82, 2.24) is 0 Å². The largest absolute Gasteiger partial charge is 0.293 e. The number of nitriles is 1. The van der Waals surface area contributed by atoms with E-state index in [0.29, 0.717) is 5.69 Å². The van der Waals surface area contributed by atoms with Crippen molar-refractivity contribution in [3.63, 3.8) is 0 Å². The summed E-state index contributed by atoms with van der Waals surface area (Å²) in [6.07, 6.45) is 1.67. The Balaban J connectivity index is 2.98. The Kier molecular flexibility index (Phi) is 2.29. The number of rotatable bonds is 1. The molecular formula is C7H4ClFN2. The van der Waals surface area contributed by atoms with Gasteiger partial charge >= 0.3 is 0 Å². The van der Waals surface area contributed by atoms with E-state index in [0.717, 1.165) is 6.07 Å². The van der Waals surface area contributed by atoms with Crippen molar-refractivity contribution < 1.29 is 4.39 Å². The Labute approximate surface area is 68.2 Å². The zero-order chi connectivity index (χ0) is 8.27. The highest BCUT2D eigenvalue weighted by atomic mass is 35.5. The van der Waals surface area contributed by atoms with Gasteiger partial charge in [0.05, 0.1) is 10.7 Å². The molecule has 0 unspecified atom stereocenters. The van der Waals surface area contributed by atoms with Crippen LogP contribution in [0.5, 0.6) is 0 Å². The zero-order valence-electron chi connectivity index (χ0n) is 5.44. The fourth-order valence-electron chi connectivity index (χ4n) is 0.638. The number of halogens is 2. The molecule has 2 nitrogen and oxygen atoms in total. The third-order valence-corrected chi connectivity index (χ3v) is 1.43. The van der Waals surface area contributed by atoms with Gasteiger partial charge < -0.3 is 0 Å². The van der Waals surface area contributed by atoms with Gasteiger partial charge in [-0.3, -0.25) is 5.32 Å². The van der Waals surface area contributed by atoms with Gasteiger partial charge in [-0.05, 0) is 18.2 Å². The minimum atomic E-state index is -0.535. The number of hydrogen-bond donors (Lipinski definition) is 1. The van der Waals surface area contributed by atoms with Crippen LogP contribution < -0.4 is 5.32 Å². The van der Waals surface area contributed by atoms with Gasteiger partial charge in [0, 0.05) is 0 Å². The Morgan fingerprint density at radius 1 is 1.55 bits per heavy atom. The van der Waals surface area contributed by atoms with Crippen LogP contribution in [0.15, 0.2) is 18.2 Å². The van der Waals surface area contributed by atoms with Gasteiger partial charge in [0.15, 0.2) is 6.19 Å². The summed E-state index contributed by atoms with van der Waals surface area (Å²) < 4.78 is 12.6. The van der Waals surface area contributed by atoms with Crippen LogP contribution in [-0.2, 0) is 0 Å². The lowest BCUT2D eigenvalue weighted by Crippen LogP contribution is -1.87. The summed E-state index contributed by atoms with van der Waals surface area (Å²) in [6, 6.07) is 4.07. The molecule has 4 heteroatoms. The maximum absolute atomic E-state index is 12.6. The number of hydrogen-bond acceptors (Lipinski definition) is 2. The first-order valence-electron chi connectivity index (χ1n) is 2.84. The van der Waals surface area contributed by atoms with Crippen molar-refractivity contribution in [3.05, 3.63) is 29.0 Å². The predicted octanol–water partition coefficient (Wildman–Crippen LogP) is 2.37. The SMILES string of the molecule is N#CNc1ccc(Cl)c(F)c1. The number of anilines is 1. The fourth-order valence-corrected chi connectivity index (χ4v) is 0.756. The van der Waals surface area contributed by atoms with Crippen LogP contribution in [0.4, 0.5) is 10.1 Å². The Hall–Kier alpha value is -1.27. The fraction of sp³-hybridized carbons (Fsp3) is 0. The van der Waals surface area contributed by atoms with Gasteiger partial charge in [0.2, 0.25) is 0 Å². The van der Waals surface area contributed by atoms with E-state index in [1.165, 1.54) is 12.1 Å². The van der Waals surface area contributed by atoms with Crippen LogP contribution in [0.3, 0.4) is 0 Å². The van der Waals surface area contributed by atoms with Crippen molar-refractivity contribution in [2.75, 3.05) is 5.32 Å². The molecule has 0 aliphatic rings. The number of nitrogens with one attached hydrogen (secondary N) is 1. The number of nitrogens with zero attached hydrogens (tertiary/aromatic N) is 1. The van der Waals surface area contributed by atoms with Crippen molar-refractivity contribution in [3.8, 4) is 6.19 Å². The molecule has 0 heterocycles. The van der Waals surface area contributed by atoms with Gasteiger partial charge in [0.1, 0.15) is 5.82 Å². The maximum Gasteiger partial charge on any atom is 0.181 e. The molecule has 0 radical (unpaired) electrons. The van der Waals surface area contributed by atoms with Crippen LogP contribution >= 0.6 is 11.6 Å².